The number of benzene rings is 2. The second-order valence-electron chi connectivity index (χ2n) is 5.19. The molecule has 0 aromatic heterocycles. The van der Waals surface area contributed by atoms with Crippen LogP contribution in [0.1, 0.15) is 36.5 Å². The fraction of sp³-hybridized carbons (Fsp3) is 0.294. The molecule has 2 rings (SSSR count). The first-order valence-corrected chi connectivity index (χ1v) is 7.48. The number of hydrogen-bond donors (Lipinski definition) is 1. The van der Waals surface area contributed by atoms with Crippen molar-refractivity contribution in [3.8, 4) is 11.5 Å². The molecule has 0 unspecified atom stereocenters. The quantitative estimate of drug-likeness (QED) is 0.836. The molecule has 0 heterocycles. The van der Waals surface area contributed by atoms with E-state index in [-0.39, 0.29) is 6.61 Å². The molecule has 0 atom stereocenters. The van der Waals surface area contributed by atoms with E-state index in [1.54, 1.807) is 0 Å². The molecular weight excluding hydrogens is 316 g/mol. The standard InChI is InChI=1S/C17H19BrO2/c1-11(2)13-5-4-12(3)17(9-13)20-16-7-6-15(18)8-14(16)10-19/h4-9,11,19H,10H2,1-3H3. The number of halogens is 1. The zero-order valence-electron chi connectivity index (χ0n) is 12.0. The number of ether oxygens (including phenoxy) is 1. The van der Waals surface area contributed by atoms with E-state index in [0.29, 0.717) is 11.7 Å². The van der Waals surface area contributed by atoms with Gasteiger partial charge in [-0.15, -0.1) is 0 Å². The summed E-state index contributed by atoms with van der Waals surface area (Å²) in [7, 11) is 0. The number of hydrogen-bond acceptors (Lipinski definition) is 2. The van der Waals surface area contributed by atoms with Crippen LogP contribution in [0, 0.1) is 6.92 Å². The Bertz CT molecular complexity index is 606. The van der Waals surface area contributed by atoms with Crippen LogP contribution in [0.2, 0.25) is 0 Å². The van der Waals surface area contributed by atoms with Gasteiger partial charge < -0.3 is 9.84 Å². The van der Waals surface area contributed by atoms with E-state index >= 15 is 0 Å². The Morgan fingerprint density at radius 3 is 2.50 bits per heavy atom. The molecule has 0 saturated carbocycles. The molecule has 0 saturated heterocycles. The molecule has 106 valence electrons. The number of aliphatic hydroxyl groups is 1. The molecule has 3 heteroatoms. The summed E-state index contributed by atoms with van der Waals surface area (Å²) in [6, 6.07) is 11.9. The normalized spacial score (nSPS) is 10.9. The van der Waals surface area contributed by atoms with Crippen LogP contribution in [0.15, 0.2) is 40.9 Å². The fourth-order valence-electron chi connectivity index (χ4n) is 1.98. The summed E-state index contributed by atoms with van der Waals surface area (Å²) >= 11 is 3.40. The molecule has 0 amide bonds. The Morgan fingerprint density at radius 1 is 1.10 bits per heavy atom. The van der Waals surface area contributed by atoms with Crippen molar-refractivity contribution in [2.45, 2.75) is 33.3 Å². The van der Waals surface area contributed by atoms with Gasteiger partial charge in [0, 0.05) is 10.0 Å². The Balaban J connectivity index is 2.36. The lowest BCUT2D eigenvalue weighted by molar-refractivity contribution is 0.276. The maximum absolute atomic E-state index is 9.43. The van der Waals surface area contributed by atoms with Crippen molar-refractivity contribution in [2.24, 2.45) is 0 Å². The van der Waals surface area contributed by atoms with E-state index in [1.165, 1.54) is 5.56 Å². The van der Waals surface area contributed by atoms with E-state index < -0.39 is 0 Å². The van der Waals surface area contributed by atoms with Gasteiger partial charge in [0.2, 0.25) is 0 Å². The van der Waals surface area contributed by atoms with Crippen molar-refractivity contribution < 1.29 is 9.84 Å². The largest absolute Gasteiger partial charge is 0.457 e. The summed E-state index contributed by atoms with van der Waals surface area (Å²) in [5, 5.41) is 9.43. The third kappa shape index (κ3) is 3.41. The van der Waals surface area contributed by atoms with Crippen molar-refractivity contribution in [3.63, 3.8) is 0 Å². The molecule has 0 spiro atoms. The Labute approximate surface area is 128 Å². The molecule has 0 aliphatic rings. The summed E-state index contributed by atoms with van der Waals surface area (Å²) in [5.74, 6) is 1.99. The minimum Gasteiger partial charge on any atom is -0.457 e. The van der Waals surface area contributed by atoms with E-state index in [0.717, 1.165) is 21.3 Å². The van der Waals surface area contributed by atoms with E-state index in [2.05, 4.69) is 48.0 Å². The smallest absolute Gasteiger partial charge is 0.133 e. The number of rotatable bonds is 4. The molecule has 20 heavy (non-hydrogen) atoms. The monoisotopic (exact) mass is 334 g/mol. The van der Waals surface area contributed by atoms with Crippen molar-refractivity contribution in [3.05, 3.63) is 57.6 Å². The minimum atomic E-state index is -0.0440. The van der Waals surface area contributed by atoms with E-state index in [1.807, 2.05) is 25.1 Å². The van der Waals surface area contributed by atoms with Crippen LogP contribution in [0.5, 0.6) is 11.5 Å². The first-order valence-electron chi connectivity index (χ1n) is 6.69. The van der Waals surface area contributed by atoms with Gasteiger partial charge in [0.25, 0.3) is 0 Å². The molecule has 0 aliphatic heterocycles. The zero-order valence-corrected chi connectivity index (χ0v) is 13.6. The third-order valence-electron chi connectivity index (χ3n) is 3.29. The fourth-order valence-corrected chi connectivity index (χ4v) is 2.38. The average molecular weight is 335 g/mol. The van der Waals surface area contributed by atoms with Crippen LogP contribution in [0.3, 0.4) is 0 Å². The zero-order chi connectivity index (χ0) is 14.7. The lowest BCUT2D eigenvalue weighted by atomic mass is 10.0. The van der Waals surface area contributed by atoms with Gasteiger partial charge in [-0.1, -0.05) is 41.9 Å². The van der Waals surface area contributed by atoms with Gasteiger partial charge >= 0.3 is 0 Å². The highest BCUT2D eigenvalue weighted by atomic mass is 79.9. The van der Waals surface area contributed by atoms with Gasteiger partial charge in [-0.25, -0.2) is 0 Å². The number of aryl methyl sites for hydroxylation is 1. The van der Waals surface area contributed by atoms with Gasteiger partial charge in [-0.2, -0.15) is 0 Å². The molecule has 1 N–H and O–H groups in total. The average Bonchev–Trinajstić information content (AvgIpc) is 2.42. The maximum Gasteiger partial charge on any atom is 0.133 e. The van der Waals surface area contributed by atoms with Gasteiger partial charge in [-0.3, -0.25) is 0 Å². The second-order valence-corrected chi connectivity index (χ2v) is 6.11. The third-order valence-corrected chi connectivity index (χ3v) is 3.78. The van der Waals surface area contributed by atoms with Crippen LogP contribution >= 0.6 is 15.9 Å². The first kappa shape index (κ1) is 15.1. The summed E-state index contributed by atoms with van der Waals surface area (Å²) in [4.78, 5) is 0. The highest BCUT2D eigenvalue weighted by Gasteiger charge is 2.09. The Hall–Kier alpha value is -1.32. The Morgan fingerprint density at radius 2 is 1.85 bits per heavy atom. The van der Waals surface area contributed by atoms with Crippen LogP contribution < -0.4 is 4.74 Å². The number of aliphatic hydroxyl groups excluding tert-OH is 1. The van der Waals surface area contributed by atoms with Crippen LogP contribution in [-0.4, -0.2) is 5.11 Å². The molecule has 2 nitrogen and oxygen atoms in total. The van der Waals surface area contributed by atoms with E-state index in [4.69, 9.17) is 4.74 Å². The Kier molecular flexibility index (Phi) is 4.84. The highest BCUT2D eigenvalue weighted by Crippen LogP contribution is 2.32. The van der Waals surface area contributed by atoms with Crippen LogP contribution in [0.25, 0.3) is 0 Å². The molecule has 0 fully saturated rings. The van der Waals surface area contributed by atoms with Gasteiger partial charge in [0.05, 0.1) is 6.61 Å². The topological polar surface area (TPSA) is 29.5 Å². The highest BCUT2D eigenvalue weighted by molar-refractivity contribution is 9.10. The van der Waals surface area contributed by atoms with Crippen molar-refractivity contribution in [1.29, 1.82) is 0 Å². The van der Waals surface area contributed by atoms with Crippen molar-refractivity contribution >= 4 is 15.9 Å². The molecule has 2 aromatic carbocycles. The first-order chi connectivity index (χ1) is 9.51. The minimum absolute atomic E-state index is 0.0440. The molecule has 0 radical (unpaired) electrons. The van der Waals surface area contributed by atoms with Gasteiger partial charge in [0.15, 0.2) is 0 Å². The molecule has 0 aliphatic carbocycles. The SMILES string of the molecule is Cc1ccc(C(C)C)cc1Oc1ccc(Br)cc1CO. The lowest BCUT2D eigenvalue weighted by Gasteiger charge is -2.14. The van der Waals surface area contributed by atoms with Crippen molar-refractivity contribution in [1.82, 2.24) is 0 Å². The van der Waals surface area contributed by atoms with Gasteiger partial charge in [-0.05, 0) is 48.2 Å². The molecular formula is C17H19BrO2. The van der Waals surface area contributed by atoms with Crippen molar-refractivity contribution in [2.75, 3.05) is 0 Å². The predicted octanol–water partition coefficient (Wildman–Crippen LogP) is 5.17. The van der Waals surface area contributed by atoms with Gasteiger partial charge in [0.1, 0.15) is 11.5 Å². The summed E-state index contributed by atoms with van der Waals surface area (Å²) in [6.07, 6.45) is 0. The predicted molar refractivity (Wildman–Crippen MR) is 85.4 cm³/mol. The van der Waals surface area contributed by atoms with Crippen LogP contribution in [0.4, 0.5) is 0 Å². The summed E-state index contributed by atoms with van der Waals surface area (Å²) < 4.78 is 6.93. The summed E-state index contributed by atoms with van der Waals surface area (Å²) in [5.41, 5.74) is 3.10. The van der Waals surface area contributed by atoms with Crippen LogP contribution in [-0.2, 0) is 6.61 Å². The maximum atomic E-state index is 9.43. The summed E-state index contributed by atoms with van der Waals surface area (Å²) in [6.45, 7) is 6.30. The molecule has 0 bridgehead atoms. The van der Waals surface area contributed by atoms with E-state index in [9.17, 15) is 5.11 Å². The second kappa shape index (κ2) is 6.42. The lowest BCUT2D eigenvalue weighted by Crippen LogP contribution is -1.95. The molecule has 2 aromatic rings.